The van der Waals surface area contributed by atoms with Crippen molar-refractivity contribution in [1.29, 1.82) is 0 Å². The van der Waals surface area contributed by atoms with E-state index in [0.29, 0.717) is 13.1 Å². The number of nitrogens with zero attached hydrogens (tertiary/aromatic N) is 1. The molecule has 0 aromatic heterocycles. The van der Waals surface area contributed by atoms with Crippen molar-refractivity contribution >= 4 is 11.8 Å². The first-order valence-electron chi connectivity index (χ1n) is 6.08. The van der Waals surface area contributed by atoms with Crippen LogP contribution in [0.5, 0.6) is 0 Å². The molecule has 0 fully saturated rings. The van der Waals surface area contributed by atoms with E-state index in [-0.39, 0.29) is 13.1 Å². The molecule has 0 aliphatic carbocycles. The number of carbonyl (C=O) groups excluding carboxylic acids is 2. The van der Waals surface area contributed by atoms with Gasteiger partial charge in [0.1, 0.15) is 0 Å². The smallest absolute Gasteiger partial charge is 0.231 e. The highest BCUT2D eigenvalue weighted by atomic mass is 16.2. The lowest BCUT2D eigenvalue weighted by atomic mass is 10.1. The molecule has 0 saturated heterocycles. The number of nitrogens with two attached hydrogens (primary N) is 3. The van der Waals surface area contributed by atoms with Gasteiger partial charge in [-0.1, -0.05) is 24.0 Å². The molecule has 6 heteroatoms. The zero-order valence-corrected chi connectivity index (χ0v) is 11.1. The number of primary amides is 2. The van der Waals surface area contributed by atoms with Crippen molar-refractivity contribution in [2.45, 2.75) is 6.54 Å². The standard InChI is InChI=1S/C14H18N4O2/c15-7-1-2-11-3-5-12(6-4-11)8-18(9-13(16)19)10-14(17)20/h3-6H,7-10,15H2,(H2,16,19)(H2,17,20). The van der Waals surface area contributed by atoms with Crippen molar-refractivity contribution in [2.75, 3.05) is 19.6 Å². The molecule has 0 radical (unpaired) electrons. The first kappa shape index (κ1) is 15.7. The lowest BCUT2D eigenvalue weighted by Crippen LogP contribution is -2.39. The van der Waals surface area contributed by atoms with Crippen molar-refractivity contribution in [3.63, 3.8) is 0 Å². The molecule has 106 valence electrons. The molecule has 6 N–H and O–H groups in total. The second-order valence-electron chi connectivity index (χ2n) is 4.28. The van der Waals surface area contributed by atoms with Gasteiger partial charge < -0.3 is 17.2 Å². The minimum absolute atomic E-state index is 0.0162. The van der Waals surface area contributed by atoms with Gasteiger partial charge in [-0.15, -0.1) is 0 Å². The van der Waals surface area contributed by atoms with Gasteiger partial charge in [-0.05, 0) is 17.7 Å². The summed E-state index contributed by atoms with van der Waals surface area (Å²) in [5, 5.41) is 0. The SMILES string of the molecule is NCC#Cc1ccc(CN(CC(N)=O)CC(N)=O)cc1. The number of amides is 2. The van der Waals surface area contributed by atoms with Gasteiger partial charge in [0.2, 0.25) is 11.8 Å². The second-order valence-corrected chi connectivity index (χ2v) is 4.28. The number of benzene rings is 1. The summed E-state index contributed by atoms with van der Waals surface area (Å²) in [5.74, 6) is 4.67. The molecule has 0 aliphatic heterocycles. The molecule has 1 rings (SSSR count). The molecule has 6 nitrogen and oxygen atoms in total. The van der Waals surface area contributed by atoms with Crippen LogP contribution in [0.3, 0.4) is 0 Å². The van der Waals surface area contributed by atoms with Crippen LogP contribution in [-0.4, -0.2) is 36.3 Å². The average molecular weight is 274 g/mol. The Labute approximate surface area is 117 Å². The van der Waals surface area contributed by atoms with Crippen LogP contribution in [0.1, 0.15) is 11.1 Å². The summed E-state index contributed by atoms with van der Waals surface area (Å²) in [6, 6.07) is 7.44. The van der Waals surface area contributed by atoms with Gasteiger partial charge in [0, 0.05) is 12.1 Å². The van der Waals surface area contributed by atoms with Crippen LogP contribution in [0.4, 0.5) is 0 Å². The number of carbonyl (C=O) groups is 2. The van der Waals surface area contributed by atoms with E-state index in [1.807, 2.05) is 24.3 Å². The van der Waals surface area contributed by atoms with E-state index in [1.54, 1.807) is 4.90 Å². The highest BCUT2D eigenvalue weighted by molar-refractivity contribution is 5.79. The Bertz CT molecular complexity index is 512. The van der Waals surface area contributed by atoms with Crippen molar-refractivity contribution in [1.82, 2.24) is 4.90 Å². The van der Waals surface area contributed by atoms with Crippen molar-refractivity contribution in [2.24, 2.45) is 17.2 Å². The van der Waals surface area contributed by atoms with E-state index in [0.717, 1.165) is 11.1 Å². The highest BCUT2D eigenvalue weighted by Gasteiger charge is 2.11. The minimum Gasteiger partial charge on any atom is -0.369 e. The van der Waals surface area contributed by atoms with E-state index in [9.17, 15) is 9.59 Å². The van der Waals surface area contributed by atoms with Gasteiger partial charge in [0.25, 0.3) is 0 Å². The lowest BCUT2D eigenvalue weighted by Gasteiger charge is -2.18. The number of rotatable bonds is 6. The first-order chi connectivity index (χ1) is 9.51. The maximum atomic E-state index is 11.0. The summed E-state index contributed by atoms with van der Waals surface area (Å²) in [5.41, 5.74) is 17.4. The number of hydrogen-bond donors (Lipinski definition) is 3. The van der Waals surface area contributed by atoms with E-state index in [2.05, 4.69) is 11.8 Å². The molecule has 0 spiro atoms. The third-order valence-corrected chi connectivity index (χ3v) is 2.45. The van der Waals surface area contributed by atoms with Crippen LogP contribution in [0.25, 0.3) is 0 Å². The molecule has 1 aromatic rings. The van der Waals surface area contributed by atoms with Crippen LogP contribution in [0.15, 0.2) is 24.3 Å². The average Bonchev–Trinajstić information content (AvgIpc) is 2.36. The van der Waals surface area contributed by atoms with Gasteiger partial charge in [-0.2, -0.15) is 0 Å². The fourth-order valence-corrected chi connectivity index (χ4v) is 1.71. The van der Waals surface area contributed by atoms with Gasteiger partial charge in [-0.3, -0.25) is 14.5 Å². The van der Waals surface area contributed by atoms with Crippen LogP contribution in [0.2, 0.25) is 0 Å². The maximum absolute atomic E-state index is 11.0. The van der Waals surface area contributed by atoms with Gasteiger partial charge >= 0.3 is 0 Å². The molecule has 0 aliphatic rings. The summed E-state index contributed by atoms with van der Waals surface area (Å²) in [7, 11) is 0. The molecular formula is C14H18N4O2. The molecule has 2 amide bonds. The van der Waals surface area contributed by atoms with Gasteiger partial charge in [-0.25, -0.2) is 0 Å². The first-order valence-corrected chi connectivity index (χ1v) is 6.08. The van der Waals surface area contributed by atoms with Crippen molar-refractivity contribution in [3.05, 3.63) is 35.4 Å². The zero-order chi connectivity index (χ0) is 15.0. The maximum Gasteiger partial charge on any atom is 0.231 e. The predicted molar refractivity (Wildman–Crippen MR) is 76.0 cm³/mol. The second kappa shape index (κ2) is 7.94. The number of hydrogen-bond acceptors (Lipinski definition) is 4. The summed E-state index contributed by atoms with van der Waals surface area (Å²) in [6.45, 7) is 0.693. The van der Waals surface area contributed by atoms with E-state index in [4.69, 9.17) is 17.2 Å². The fraction of sp³-hybridized carbons (Fsp3) is 0.286. The Morgan fingerprint density at radius 1 is 1.05 bits per heavy atom. The monoisotopic (exact) mass is 274 g/mol. The molecule has 0 heterocycles. The zero-order valence-electron chi connectivity index (χ0n) is 11.1. The van der Waals surface area contributed by atoms with Crippen LogP contribution < -0.4 is 17.2 Å². The predicted octanol–water partition coefficient (Wildman–Crippen LogP) is -1.23. The molecule has 20 heavy (non-hydrogen) atoms. The van der Waals surface area contributed by atoms with Gasteiger partial charge in [0.05, 0.1) is 19.6 Å². The van der Waals surface area contributed by atoms with Crippen molar-refractivity contribution in [3.8, 4) is 11.8 Å². The minimum atomic E-state index is -0.503. The lowest BCUT2D eigenvalue weighted by molar-refractivity contribution is -0.122. The molecular weight excluding hydrogens is 256 g/mol. The Morgan fingerprint density at radius 3 is 2.05 bits per heavy atom. The Hall–Kier alpha value is -2.36. The Balaban J connectivity index is 2.72. The molecule has 1 aromatic carbocycles. The molecule has 0 unspecified atom stereocenters. The van der Waals surface area contributed by atoms with Crippen LogP contribution in [0, 0.1) is 11.8 Å². The van der Waals surface area contributed by atoms with E-state index < -0.39 is 11.8 Å². The summed E-state index contributed by atoms with van der Waals surface area (Å²) >= 11 is 0. The Kier molecular flexibility index (Phi) is 6.23. The van der Waals surface area contributed by atoms with E-state index >= 15 is 0 Å². The van der Waals surface area contributed by atoms with Gasteiger partial charge in [0.15, 0.2) is 0 Å². The summed E-state index contributed by atoms with van der Waals surface area (Å²) < 4.78 is 0. The molecule has 0 saturated carbocycles. The van der Waals surface area contributed by atoms with E-state index in [1.165, 1.54) is 0 Å². The normalized spacial score (nSPS) is 9.90. The van der Waals surface area contributed by atoms with Crippen molar-refractivity contribution < 1.29 is 9.59 Å². The summed E-state index contributed by atoms with van der Waals surface area (Å²) in [4.78, 5) is 23.5. The summed E-state index contributed by atoms with van der Waals surface area (Å²) in [6.07, 6.45) is 0. The Morgan fingerprint density at radius 2 is 1.60 bits per heavy atom. The highest BCUT2D eigenvalue weighted by Crippen LogP contribution is 2.06. The third kappa shape index (κ3) is 6.00. The largest absolute Gasteiger partial charge is 0.369 e. The topological polar surface area (TPSA) is 115 Å². The molecule has 0 bridgehead atoms. The quantitative estimate of drug-likeness (QED) is 0.563. The third-order valence-electron chi connectivity index (χ3n) is 2.45. The fourth-order valence-electron chi connectivity index (χ4n) is 1.71. The molecule has 0 atom stereocenters. The van der Waals surface area contributed by atoms with Crippen LogP contribution >= 0.6 is 0 Å². The van der Waals surface area contributed by atoms with Crippen LogP contribution in [-0.2, 0) is 16.1 Å².